The highest BCUT2D eigenvalue weighted by atomic mass is 16.3. The van der Waals surface area contributed by atoms with Crippen molar-refractivity contribution in [1.29, 1.82) is 0 Å². The molecule has 1 aliphatic rings. The highest BCUT2D eigenvalue weighted by molar-refractivity contribution is 6.15. The van der Waals surface area contributed by atoms with Gasteiger partial charge in [-0.05, 0) is 57.3 Å². The summed E-state index contributed by atoms with van der Waals surface area (Å²) in [6, 6.07) is 39.7. The second-order valence-corrected chi connectivity index (χ2v) is 12.5. The smallest absolute Gasteiger partial charge is 0.164 e. The Kier molecular flexibility index (Phi) is 5.48. The summed E-state index contributed by atoms with van der Waals surface area (Å²) < 4.78 is 6.48. The maximum Gasteiger partial charge on any atom is 0.164 e. The Morgan fingerprint density at radius 3 is 1.67 bits per heavy atom. The second kappa shape index (κ2) is 9.20. The Hall–Kier alpha value is -5.09. The van der Waals surface area contributed by atoms with Crippen molar-refractivity contribution in [2.75, 3.05) is 0 Å². The monoisotopic (exact) mass is 557 g/mol. The summed E-state index contributed by atoms with van der Waals surface area (Å²) in [5.74, 6) is 1.93. The maximum absolute atomic E-state index is 6.48. The summed E-state index contributed by atoms with van der Waals surface area (Å²) >= 11 is 0. The van der Waals surface area contributed by atoms with Gasteiger partial charge in [-0.3, -0.25) is 0 Å². The van der Waals surface area contributed by atoms with Crippen molar-refractivity contribution in [1.82, 2.24) is 15.0 Å². The van der Waals surface area contributed by atoms with E-state index < -0.39 is 0 Å². The molecule has 43 heavy (non-hydrogen) atoms. The SMILES string of the molecule is CC1(C)c2ccccc2-c2c(ccc3oc4ccc(-c5nc(-c6ccccc6)nc(-c6ccccc6)n5)cc4c23)C1(C)C. The van der Waals surface area contributed by atoms with Gasteiger partial charge in [0.2, 0.25) is 0 Å². The molecule has 8 rings (SSSR count). The zero-order chi connectivity index (χ0) is 29.3. The van der Waals surface area contributed by atoms with Gasteiger partial charge in [0.05, 0.1) is 0 Å². The minimum atomic E-state index is -0.0878. The molecule has 208 valence electrons. The van der Waals surface area contributed by atoms with Crippen LogP contribution in [0.5, 0.6) is 0 Å². The zero-order valence-corrected chi connectivity index (χ0v) is 24.7. The highest BCUT2D eigenvalue weighted by Crippen LogP contribution is 2.56. The van der Waals surface area contributed by atoms with Gasteiger partial charge in [0.15, 0.2) is 17.5 Å². The van der Waals surface area contributed by atoms with Crippen molar-refractivity contribution in [3.05, 3.63) is 126 Å². The lowest BCUT2D eigenvalue weighted by molar-refractivity contribution is 0.299. The quantitative estimate of drug-likeness (QED) is 0.217. The zero-order valence-electron chi connectivity index (χ0n) is 24.7. The lowest BCUT2D eigenvalue weighted by Gasteiger charge is -2.48. The van der Waals surface area contributed by atoms with Gasteiger partial charge < -0.3 is 4.42 Å². The van der Waals surface area contributed by atoms with Gasteiger partial charge in [-0.25, -0.2) is 15.0 Å². The molecule has 1 aliphatic carbocycles. The van der Waals surface area contributed by atoms with Crippen molar-refractivity contribution >= 4 is 21.9 Å². The number of nitrogens with zero attached hydrogens (tertiary/aromatic N) is 3. The predicted molar refractivity (Wildman–Crippen MR) is 175 cm³/mol. The van der Waals surface area contributed by atoms with Crippen LogP contribution in [0.15, 0.2) is 120 Å². The van der Waals surface area contributed by atoms with E-state index in [1.165, 1.54) is 22.3 Å². The van der Waals surface area contributed by atoms with E-state index in [-0.39, 0.29) is 10.8 Å². The normalized spacial score (nSPS) is 14.9. The van der Waals surface area contributed by atoms with Crippen LogP contribution < -0.4 is 0 Å². The molecule has 0 saturated heterocycles. The van der Waals surface area contributed by atoms with Crippen LogP contribution in [0.25, 0.3) is 67.2 Å². The summed E-state index contributed by atoms with van der Waals surface area (Å²) in [5, 5.41) is 2.21. The number of hydrogen-bond acceptors (Lipinski definition) is 4. The first kappa shape index (κ1) is 25.6. The molecule has 0 radical (unpaired) electrons. The van der Waals surface area contributed by atoms with Crippen LogP contribution >= 0.6 is 0 Å². The molecule has 4 heteroatoms. The lowest BCUT2D eigenvalue weighted by Crippen LogP contribution is -2.43. The molecule has 0 amide bonds. The summed E-state index contributed by atoms with van der Waals surface area (Å²) in [7, 11) is 0. The summed E-state index contributed by atoms with van der Waals surface area (Å²) in [4.78, 5) is 14.8. The molecule has 5 aromatic carbocycles. The number of hydrogen-bond donors (Lipinski definition) is 0. The number of rotatable bonds is 3. The number of benzene rings is 5. The second-order valence-electron chi connectivity index (χ2n) is 12.5. The summed E-state index contributed by atoms with van der Waals surface area (Å²) in [6.07, 6.45) is 0. The minimum Gasteiger partial charge on any atom is -0.456 e. The van der Waals surface area contributed by atoms with Crippen molar-refractivity contribution in [2.24, 2.45) is 0 Å². The molecule has 0 bridgehead atoms. The van der Waals surface area contributed by atoms with E-state index in [1.54, 1.807) is 0 Å². The molecule has 0 fully saturated rings. The van der Waals surface area contributed by atoms with E-state index in [4.69, 9.17) is 19.4 Å². The van der Waals surface area contributed by atoms with Crippen LogP contribution in [0.3, 0.4) is 0 Å². The van der Waals surface area contributed by atoms with E-state index in [0.717, 1.165) is 38.6 Å². The largest absolute Gasteiger partial charge is 0.456 e. The Morgan fingerprint density at radius 1 is 0.488 bits per heavy atom. The van der Waals surface area contributed by atoms with Crippen LogP contribution in [-0.2, 0) is 10.8 Å². The van der Waals surface area contributed by atoms with Crippen molar-refractivity contribution < 1.29 is 4.42 Å². The van der Waals surface area contributed by atoms with Crippen LogP contribution in [0.1, 0.15) is 38.8 Å². The van der Waals surface area contributed by atoms with Gasteiger partial charge >= 0.3 is 0 Å². The first-order chi connectivity index (χ1) is 20.8. The van der Waals surface area contributed by atoms with Crippen molar-refractivity contribution in [3.63, 3.8) is 0 Å². The Labute approximate surface area is 251 Å². The fourth-order valence-electron chi connectivity index (χ4n) is 6.67. The van der Waals surface area contributed by atoms with E-state index in [1.807, 2.05) is 60.7 Å². The summed E-state index contributed by atoms with van der Waals surface area (Å²) in [5.41, 5.74) is 9.69. The molecule has 0 atom stereocenters. The van der Waals surface area contributed by atoms with E-state index in [9.17, 15) is 0 Å². The highest BCUT2D eigenvalue weighted by Gasteiger charge is 2.46. The number of fused-ring (bicyclic) bond motifs is 7. The Morgan fingerprint density at radius 2 is 1.02 bits per heavy atom. The molecule has 2 heterocycles. The molecule has 4 nitrogen and oxygen atoms in total. The molecule has 2 aromatic heterocycles. The average molecular weight is 558 g/mol. The van der Waals surface area contributed by atoms with E-state index >= 15 is 0 Å². The standard InChI is InChI=1S/C39H31N3O/c1-38(2)29-18-12-11-17-27(29)33-30(39(38,3)4)20-22-32-34(33)28-23-26(19-21-31(28)43-32)37-41-35(24-13-7-5-8-14-24)40-36(42-37)25-15-9-6-10-16-25/h5-23H,1-4H3. The topological polar surface area (TPSA) is 51.8 Å². The fraction of sp³-hybridized carbons (Fsp3) is 0.154. The minimum absolute atomic E-state index is 0.0402. The van der Waals surface area contributed by atoms with Gasteiger partial charge in [-0.1, -0.05) is 119 Å². The Bertz CT molecular complexity index is 2120. The first-order valence-electron chi connectivity index (χ1n) is 14.8. The molecule has 0 aliphatic heterocycles. The van der Waals surface area contributed by atoms with Crippen LogP contribution in [0.2, 0.25) is 0 Å². The van der Waals surface area contributed by atoms with E-state index in [0.29, 0.717) is 17.5 Å². The molecule has 0 spiro atoms. The van der Waals surface area contributed by atoms with Gasteiger partial charge in [-0.2, -0.15) is 0 Å². The third-order valence-electron chi connectivity index (χ3n) is 9.70. The van der Waals surface area contributed by atoms with Crippen LogP contribution in [-0.4, -0.2) is 15.0 Å². The average Bonchev–Trinajstić information content (AvgIpc) is 3.42. The molecule has 0 saturated carbocycles. The van der Waals surface area contributed by atoms with Gasteiger partial charge in [0.25, 0.3) is 0 Å². The molecular weight excluding hydrogens is 526 g/mol. The maximum atomic E-state index is 6.48. The number of aromatic nitrogens is 3. The van der Waals surface area contributed by atoms with Gasteiger partial charge in [0.1, 0.15) is 11.2 Å². The molecule has 7 aromatic rings. The lowest BCUT2D eigenvalue weighted by atomic mass is 9.55. The van der Waals surface area contributed by atoms with Crippen LogP contribution in [0.4, 0.5) is 0 Å². The number of furan rings is 1. The van der Waals surface area contributed by atoms with E-state index in [2.05, 4.69) is 82.3 Å². The third-order valence-corrected chi connectivity index (χ3v) is 9.70. The Balaban J connectivity index is 1.40. The van der Waals surface area contributed by atoms with Gasteiger partial charge in [0, 0.05) is 27.5 Å². The third kappa shape index (κ3) is 3.79. The predicted octanol–water partition coefficient (Wildman–Crippen LogP) is 10.0. The first-order valence-corrected chi connectivity index (χ1v) is 14.8. The van der Waals surface area contributed by atoms with Crippen LogP contribution in [0, 0.1) is 0 Å². The van der Waals surface area contributed by atoms with Crippen molar-refractivity contribution in [3.8, 4) is 45.3 Å². The molecular formula is C39H31N3O. The molecule has 0 unspecified atom stereocenters. The van der Waals surface area contributed by atoms with Gasteiger partial charge in [-0.15, -0.1) is 0 Å². The molecule has 0 N–H and O–H groups in total. The fourth-order valence-corrected chi connectivity index (χ4v) is 6.67. The summed E-state index contributed by atoms with van der Waals surface area (Å²) in [6.45, 7) is 9.45. The van der Waals surface area contributed by atoms with Crippen molar-refractivity contribution in [2.45, 2.75) is 38.5 Å².